The van der Waals surface area contributed by atoms with Crippen LogP contribution in [-0.4, -0.2) is 11.6 Å². The lowest BCUT2D eigenvalue weighted by Crippen LogP contribution is -2.31. The second kappa shape index (κ2) is 4.63. The maximum absolute atomic E-state index is 11.4. The summed E-state index contributed by atoms with van der Waals surface area (Å²) in [4.78, 5) is 11.4. The van der Waals surface area contributed by atoms with Gasteiger partial charge in [0.1, 0.15) is 5.60 Å². The predicted molar refractivity (Wildman–Crippen MR) is 57.0 cm³/mol. The van der Waals surface area contributed by atoms with Crippen molar-refractivity contribution in [3.8, 4) is 0 Å². The lowest BCUT2D eigenvalue weighted by atomic mass is 9.97. The van der Waals surface area contributed by atoms with Gasteiger partial charge in [0.05, 0.1) is 0 Å². The second-order valence-corrected chi connectivity index (χ2v) is 4.53. The number of ether oxygens (including phenoxy) is 1. The molecule has 0 heterocycles. The smallest absolute Gasteiger partial charge is 0.333 e. The standard InChI is InChI=1S/C12H20O2/c1-10(2)11(13)14-12(3)8-6-4-5-7-9-12/h1,4-9H2,2-3H3. The normalized spacial score (nSPS) is 21.0. The summed E-state index contributed by atoms with van der Waals surface area (Å²) in [6.45, 7) is 7.34. The first-order chi connectivity index (χ1) is 6.53. The van der Waals surface area contributed by atoms with Gasteiger partial charge in [-0.3, -0.25) is 0 Å². The van der Waals surface area contributed by atoms with Crippen LogP contribution in [0, 0.1) is 0 Å². The van der Waals surface area contributed by atoms with E-state index in [2.05, 4.69) is 6.58 Å². The third kappa shape index (κ3) is 3.17. The van der Waals surface area contributed by atoms with Gasteiger partial charge in [0.2, 0.25) is 0 Å². The van der Waals surface area contributed by atoms with Gasteiger partial charge in [0.25, 0.3) is 0 Å². The number of hydrogen-bond acceptors (Lipinski definition) is 2. The van der Waals surface area contributed by atoms with Crippen molar-refractivity contribution in [3.05, 3.63) is 12.2 Å². The average Bonchev–Trinajstić information content (AvgIpc) is 2.30. The minimum atomic E-state index is -0.244. The fourth-order valence-electron chi connectivity index (χ4n) is 1.89. The van der Waals surface area contributed by atoms with Crippen LogP contribution in [0.15, 0.2) is 12.2 Å². The molecule has 1 aliphatic rings. The van der Waals surface area contributed by atoms with Crippen molar-refractivity contribution in [2.75, 3.05) is 0 Å². The first-order valence-electron chi connectivity index (χ1n) is 5.42. The zero-order chi connectivity index (χ0) is 10.6. The van der Waals surface area contributed by atoms with Crippen molar-refractivity contribution in [1.82, 2.24) is 0 Å². The quantitative estimate of drug-likeness (QED) is 0.385. The molecule has 1 fully saturated rings. The topological polar surface area (TPSA) is 26.3 Å². The Balaban J connectivity index is 2.54. The van der Waals surface area contributed by atoms with Gasteiger partial charge in [-0.2, -0.15) is 0 Å². The molecule has 14 heavy (non-hydrogen) atoms. The van der Waals surface area contributed by atoms with Gasteiger partial charge < -0.3 is 4.74 Å². The molecule has 0 aromatic carbocycles. The zero-order valence-corrected chi connectivity index (χ0v) is 9.27. The predicted octanol–water partition coefficient (Wildman–Crippen LogP) is 3.22. The first kappa shape index (κ1) is 11.3. The monoisotopic (exact) mass is 196 g/mol. The zero-order valence-electron chi connectivity index (χ0n) is 9.27. The Morgan fingerprint density at radius 2 is 1.71 bits per heavy atom. The van der Waals surface area contributed by atoms with E-state index in [1.807, 2.05) is 6.92 Å². The van der Waals surface area contributed by atoms with Gasteiger partial charge in [-0.05, 0) is 39.5 Å². The van der Waals surface area contributed by atoms with E-state index in [9.17, 15) is 4.79 Å². The fourth-order valence-corrected chi connectivity index (χ4v) is 1.89. The van der Waals surface area contributed by atoms with Crippen molar-refractivity contribution in [2.24, 2.45) is 0 Å². The lowest BCUT2D eigenvalue weighted by molar-refractivity contribution is -0.154. The molecule has 0 radical (unpaired) electrons. The third-order valence-corrected chi connectivity index (χ3v) is 2.85. The highest BCUT2D eigenvalue weighted by molar-refractivity contribution is 5.87. The average molecular weight is 196 g/mol. The Hall–Kier alpha value is -0.790. The van der Waals surface area contributed by atoms with E-state index in [1.54, 1.807) is 6.92 Å². The van der Waals surface area contributed by atoms with Crippen LogP contribution in [0.4, 0.5) is 0 Å². The van der Waals surface area contributed by atoms with Crippen molar-refractivity contribution >= 4 is 5.97 Å². The molecule has 0 aliphatic heterocycles. The summed E-state index contributed by atoms with van der Waals surface area (Å²) in [6.07, 6.45) is 6.85. The van der Waals surface area contributed by atoms with Crippen LogP contribution in [0.5, 0.6) is 0 Å². The highest BCUT2D eigenvalue weighted by Gasteiger charge is 2.29. The maximum Gasteiger partial charge on any atom is 0.333 e. The molecule has 80 valence electrons. The summed E-state index contributed by atoms with van der Waals surface area (Å²) in [7, 11) is 0. The van der Waals surface area contributed by atoms with E-state index in [4.69, 9.17) is 4.74 Å². The van der Waals surface area contributed by atoms with Gasteiger partial charge in [-0.15, -0.1) is 0 Å². The minimum absolute atomic E-state index is 0.241. The molecule has 0 atom stereocenters. The van der Waals surface area contributed by atoms with Gasteiger partial charge in [0, 0.05) is 5.57 Å². The molecule has 1 aliphatic carbocycles. The Labute approximate surface area is 86.3 Å². The van der Waals surface area contributed by atoms with Crippen LogP contribution in [0.3, 0.4) is 0 Å². The molecule has 2 nitrogen and oxygen atoms in total. The summed E-state index contributed by atoms with van der Waals surface area (Å²) in [6, 6.07) is 0. The number of rotatable bonds is 2. The molecule has 0 amide bonds. The largest absolute Gasteiger partial charge is 0.456 e. The molecule has 1 rings (SSSR count). The molecule has 2 heteroatoms. The maximum atomic E-state index is 11.4. The van der Waals surface area contributed by atoms with Crippen LogP contribution in [0.2, 0.25) is 0 Å². The van der Waals surface area contributed by atoms with Crippen LogP contribution in [0.25, 0.3) is 0 Å². The number of carbonyl (C=O) groups is 1. The molecular formula is C12H20O2. The van der Waals surface area contributed by atoms with Gasteiger partial charge in [-0.25, -0.2) is 4.79 Å². The Morgan fingerprint density at radius 1 is 1.21 bits per heavy atom. The molecule has 0 aromatic heterocycles. The molecule has 1 saturated carbocycles. The van der Waals surface area contributed by atoms with E-state index < -0.39 is 0 Å². The van der Waals surface area contributed by atoms with E-state index in [1.165, 1.54) is 25.7 Å². The van der Waals surface area contributed by atoms with Gasteiger partial charge in [-0.1, -0.05) is 19.4 Å². The van der Waals surface area contributed by atoms with Crippen molar-refractivity contribution in [3.63, 3.8) is 0 Å². The van der Waals surface area contributed by atoms with E-state index in [0.29, 0.717) is 5.57 Å². The molecule has 0 spiro atoms. The van der Waals surface area contributed by atoms with Crippen LogP contribution >= 0.6 is 0 Å². The third-order valence-electron chi connectivity index (χ3n) is 2.85. The molecule has 0 aromatic rings. The Kier molecular flexibility index (Phi) is 3.73. The first-order valence-corrected chi connectivity index (χ1v) is 5.42. The fraction of sp³-hybridized carbons (Fsp3) is 0.750. The summed E-state index contributed by atoms with van der Waals surface area (Å²) < 4.78 is 5.48. The van der Waals surface area contributed by atoms with Crippen molar-refractivity contribution in [2.45, 2.75) is 58.0 Å². The van der Waals surface area contributed by atoms with Crippen LogP contribution in [0.1, 0.15) is 52.4 Å². The Morgan fingerprint density at radius 3 is 2.14 bits per heavy atom. The highest BCUT2D eigenvalue weighted by atomic mass is 16.6. The van der Waals surface area contributed by atoms with Crippen LogP contribution < -0.4 is 0 Å². The van der Waals surface area contributed by atoms with Crippen LogP contribution in [-0.2, 0) is 9.53 Å². The Bertz CT molecular complexity index is 222. The lowest BCUT2D eigenvalue weighted by Gasteiger charge is -2.28. The number of carbonyl (C=O) groups excluding carboxylic acids is 1. The number of esters is 1. The molecule has 0 saturated heterocycles. The SMILES string of the molecule is C=C(C)C(=O)OC1(C)CCCCCC1. The summed E-state index contributed by atoms with van der Waals surface area (Å²) in [5.41, 5.74) is 0.252. The highest BCUT2D eigenvalue weighted by Crippen LogP contribution is 2.30. The van der Waals surface area contributed by atoms with Gasteiger partial charge >= 0.3 is 5.97 Å². The summed E-state index contributed by atoms with van der Waals surface area (Å²) in [5, 5.41) is 0. The van der Waals surface area contributed by atoms with Gasteiger partial charge in [0.15, 0.2) is 0 Å². The van der Waals surface area contributed by atoms with E-state index >= 15 is 0 Å². The minimum Gasteiger partial charge on any atom is -0.456 e. The molecular weight excluding hydrogens is 176 g/mol. The van der Waals surface area contributed by atoms with E-state index in [0.717, 1.165) is 12.8 Å². The number of hydrogen-bond donors (Lipinski definition) is 0. The van der Waals surface area contributed by atoms with E-state index in [-0.39, 0.29) is 11.6 Å². The second-order valence-electron chi connectivity index (χ2n) is 4.53. The molecule has 0 unspecified atom stereocenters. The van der Waals surface area contributed by atoms with Crippen molar-refractivity contribution < 1.29 is 9.53 Å². The summed E-state index contributed by atoms with van der Waals surface area (Å²) >= 11 is 0. The molecule has 0 bridgehead atoms. The molecule has 0 N–H and O–H groups in total. The summed E-state index contributed by atoms with van der Waals surface area (Å²) in [5.74, 6) is -0.241. The van der Waals surface area contributed by atoms with Crippen molar-refractivity contribution in [1.29, 1.82) is 0 Å².